The highest BCUT2D eigenvalue weighted by molar-refractivity contribution is 6.74. The topological polar surface area (TPSA) is 54.0 Å². The van der Waals surface area contributed by atoms with Gasteiger partial charge >= 0.3 is 5.97 Å². The second-order valence-corrected chi connectivity index (χ2v) is 14.0. The molecule has 0 N–H and O–H groups in total. The Morgan fingerprint density at radius 1 is 1.00 bits per heavy atom. The molecule has 0 bridgehead atoms. The van der Waals surface area contributed by atoms with Gasteiger partial charge in [-0.25, -0.2) is 0 Å². The van der Waals surface area contributed by atoms with Crippen molar-refractivity contribution in [1.29, 1.82) is 0 Å². The number of carbonyl (C=O) groups excluding carboxylic acids is 1. The van der Waals surface area contributed by atoms with Crippen LogP contribution < -0.4 is 9.47 Å². The molecule has 174 valence electrons. The number of esters is 1. The molecule has 0 radical (unpaired) electrons. The highest BCUT2D eigenvalue weighted by Gasteiger charge is 2.36. The Kier molecular flexibility index (Phi) is 9.10. The molecule has 0 amide bonds. The van der Waals surface area contributed by atoms with Crippen LogP contribution in [-0.2, 0) is 20.4 Å². The molecule has 2 aromatic rings. The SMILES string of the molecule is COC(=O)CCc1ccc(OC)c(Oc2ccc(/C=C\CO[Si](C)(C)C(C)(C)C)cc2)c1. The van der Waals surface area contributed by atoms with Gasteiger partial charge in [0.15, 0.2) is 19.8 Å². The molecule has 0 atom stereocenters. The van der Waals surface area contributed by atoms with Gasteiger partial charge < -0.3 is 18.6 Å². The van der Waals surface area contributed by atoms with E-state index in [9.17, 15) is 4.79 Å². The molecule has 0 aliphatic carbocycles. The van der Waals surface area contributed by atoms with Crippen LogP contribution >= 0.6 is 0 Å². The minimum atomic E-state index is -1.73. The predicted molar refractivity (Wildman–Crippen MR) is 132 cm³/mol. The number of methoxy groups -OCH3 is 2. The van der Waals surface area contributed by atoms with E-state index in [0.717, 1.165) is 11.1 Å². The molecule has 5 nitrogen and oxygen atoms in total. The Morgan fingerprint density at radius 2 is 1.69 bits per heavy atom. The van der Waals surface area contributed by atoms with Gasteiger partial charge in [0, 0.05) is 6.42 Å². The van der Waals surface area contributed by atoms with E-state index in [0.29, 0.717) is 36.7 Å². The average Bonchev–Trinajstić information content (AvgIpc) is 2.75. The normalized spacial score (nSPS) is 12.1. The van der Waals surface area contributed by atoms with Gasteiger partial charge in [0.1, 0.15) is 5.75 Å². The van der Waals surface area contributed by atoms with E-state index in [1.54, 1.807) is 7.11 Å². The Balaban J connectivity index is 2.00. The fraction of sp³-hybridized carbons (Fsp3) is 0.423. The Hall–Kier alpha value is -2.57. The highest BCUT2D eigenvalue weighted by atomic mass is 28.4. The molecular formula is C26H36O5Si. The first-order chi connectivity index (χ1) is 15.1. The van der Waals surface area contributed by atoms with Gasteiger partial charge in [-0.15, -0.1) is 0 Å². The van der Waals surface area contributed by atoms with Gasteiger partial charge in [0.25, 0.3) is 0 Å². The van der Waals surface area contributed by atoms with Crippen molar-refractivity contribution in [1.82, 2.24) is 0 Å². The summed E-state index contributed by atoms with van der Waals surface area (Å²) in [4.78, 5) is 11.4. The fourth-order valence-electron chi connectivity index (χ4n) is 2.74. The first-order valence-electron chi connectivity index (χ1n) is 10.9. The molecule has 0 aliphatic heterocycles. The van der Waals surface area contributed by atoms with Crippen molar-refractivity contribution >= 4 is 20.4 Å². The Morgan fingerprint density at radius 3 is 2.28 bits per heavy atom. The average molecular weight is 457 g/mol. The summed E-state index contributed by atoms with van der Waals surface area (Å²) in [6.07, 6.45) is 5.02. The highest BCUT2D eigenvalue weighted by Crippen LogP contribution is 2.36. The zero-order valence-corrected chi connectivity index (χ0v) is 21.4. The van der Waals surface area contributed by atoms with Crippen LogP contribution in [0.2, 0.25) is 18.1 Å². The lowest BCUT2D eigenvalue weighted by Crippen LogP contribution is -2.40. The largest absolute Gasteiger partial charge is 0.493 e. The van der Waals surface area contributed by atoms with E-state index >= 15 is 0 Å². The molecule has 2 rings (SSSR count). The first kappa shape index (κ1) is 25.7. The molecule has 0 saturated carbocycles. The van der Waals surface area contributed by atoms with Gasteiger partial charge in [-0.3, -0.25) is 4.79 Å². The van der Waals surface area contributed by atoms with Crippen molar-refractivity contribution in [2.75, 3.05) is 20.8 Å². The van der Waals surface area contributed by atoms with Crippen molar-refractivity contribution in [3.8, 4) is 17.2 Å². The fourth-order valence-corrected chi connectivity index (χ4v) is 3.68. The van der Waals surface area contributed by atoms with Crippen molar-refractivity contribution in [2.45, 2.75) is 51.7 Å². The predicted octanol–water partition coefficient (Wildman–Crippen LogP) is 6.63. The van der Waals surface area contributed by atoms with E-state index in [2.05, 4.69) is 46.0 Å². The maximum atomic E-state index is 11.4. The molecule has 2 aromatic carbocycles. The van der Waals surface area contributed by atoms with Crippen LogP contribution in [0.5, 0.6) is 17.2 Å². The molecule has 0 saturated heterocycles. The van der Waals surface area contributed by atoms with Gasteiger partial charge in [-0.2, -0.15) is 0 Å². The van der Waals surface area contributed by atoms with Crippen LogP contribution in [0, 0.1) is 0 Å². The lowest BCUT2D eigenvalue weighted by molar-refractivity contribution is -0.140. The molecule has 0 heterocycles. The van der Waals surface area contributed by atoms with Gasteiger partial charge in [0.05, 0.1) is 20.8 Å². The third-order valence-corrected chi connectivity index (χ3v) is 10.3. The van der Waals surface area contributed by atoms with E-state index < -0.39 is 8.32 Å². The molecule has 0 unspecified atom stereocenters. The molecule has 32 heavy (non-hydrogen) atoms. The van der Waals surface area contributed by atoms with Crippen LogP contribution in [-0.4, -0.2) is 35.1 Å². The maximum absolute atomic E-state index is 11.4. The first-order valence-corrected chi connectivity index (χ1v) is 13.8. The summed E-state index contributed by atoms with van der Waals surface area (Å²) in [6, 6.07) is 13.5. The molecule has 6 heteroatoms. The summed E-state index contributed by atoms with van der Waals surface area (Å²) >= 11 is 0. The van der Waals surface area contributed by atoms with Gasteiger partial charge in [-0.05, 0) is 59.9 Å². The molecular weight excluding hydrogens is 420 g/mol. The standard InChI is InChI=1S/C26H36O5Si/c1-26(2,3)32(6,7)30-18-8-9-20-10-14-22(15-11-20)31-24-19-21(12-16-23(24)28-4)13-17-25(27)29-5/h8-12,14-16,19H,13,17-18H2,1-7H3/b9-8-. The number of aryl methyl sites for hydroxylation is 1. The minimum Gasteiger partial charge on any atom is -0.493 e. The summed E-state index contributed by atoms with van der Waals surface area (Å²) in [5.74, 6) is 1.73. The third-order valence-electron chi connectivity index (χ3n) is 5.84. The lowest BCUT2D eigenvalue weighted by Gasteiger charge is -2.35. The number of carbonyl (C=O) groups is 1. The van der Waals surface area contributed by atoms with Crippen molar-refractivity contribution in [2.24, 2.45) is 0 Å². The lowest BCUT2D eigenvalue weighted by atomic mass is 10.1. The zero-order chi connectivity index (χ0) is 23.8. The van der Waals surface area contributed by atoms with E-state index in [1.807, 2.05) is 42.5 Å². The summed E-state index contributed by atoms with van der Waals surface area (Å²) in [5.41, 5.74) is 2.06. The van der Waals surface area contributed by atoms with Crippen molar-refractivity contribution in [3.05, 3.63) is 59.7 Å². The smallest absolute Gasteiger partial charge is 0.305 e. The van der Waals surface area contributed by atoms with Gasteiger partial charge in [-0.1, -0.05) is 51.1 Å². The molecule has 0 fully saturated rings. The van der Waals surface area contributed by atoms with Crippen LogP contribution in [0.1, 0.15) is 38.3 Å². The van der Waals surface area contributed by atoms with E-state index in [-0.39, 0.29) is 11.0 Å². The number of rotatable bonds is 10. The summed E-state index contributed by atoms with van der Waals surface area (Å²) < 4.78 is 22.4. The third kappa shape index (κ3) is 7.53. The van der Waals surface area contributed by atoms with Crippen molar-refractivity contribution < 1.29 is 23.4 Å². The molecule has 0 aromatic heterocycles. The monoisotopic (exact) mass is 456 g/mol. The van der Waals surface area contributed by atoms with Crippen LogP contribution in [0.15, 0.2) is 48.5 Å². The van der Waals surface area contributed by atoms with Gasteiger partial charge in [0.2, 0.25) is 0 Å². The van der Waals surface area contributed by atoms with E-state index in [1.165, 1.54) is 7.11 Å². The minimum absolute atomic E-state index is 0.206. The number of hydrogen-bond donors (Lipinski definition) is 0. The summed E-state index contributed by atoms with van der Waals surface area (Å²) in [6.45, 7) is 11.9. The second-order valence-electron chi connectivity index (χ2n) is 9.21. The zero-order valence-electron chi connectivity index (χ0n) is 20.4. The summed E-state index contributed by atoms with van der Waals surface area (Å²) in [5, 5.41) is 0.206. The maximum Gasteiger partial charge on any atom is 0.305 e. The number of ether oxygens (including phenoxy) is 3. The number of hydrogen-bond acceptors (Lipinski definition) is 5. The van der Waals surface area contributed by atoms with Crippen LogP contribution in [0.25, 0.3) is 6.08 Å². The van der Waals surface area contributed by atoms with Crippen LogP contribution in [0.4, 0.5) is 0 Å². The van der Waals surface area contributed by atoms with E-state index in [4.69, 9.17) is 18.6 Å². The number of benzene rings is 2. The molecule has 0 spiro atoms. The summed E-state index contributed by atoms with van der Waals surface area (Å²) in [7, 11) is 1.27. The molecule has 0 aliphatic rings. The quantitative estimate of drug-likeness (QED) is 0.297. The second kappa shape index (κ2) is 11.3. The van der Waals surface area contributed by atoms with Crippen molar-refractivity contribution in [3.63, 3.8) is 0 Å². The Bertz CT molecular complexity index is 911. The Labute approximate surface area is 193 Å². The van der Waals surface area contributed by atoms with Crippen LogP contribution in [0.3, 0.4) is 0 Å².